The number of hydrogen-bond acceptors (Lipinski definition) is 3. The van der Waals surface area contributed by atoms with Crippen molar-refractivity contribution >= 4 is 29.0 Å². The van der Waals surface area contributed by atoms with E-state index in [-0.39, 0.29) is 11.1 Å². The molecule has 0 bridgehead atoms. The van der Waals surface area contributed by atoms with E-state index in [1.807, 2.05) is 13.8 Å². The van der Waals surface area contributed by atoms with Crippen LogP contribution in [-0.2, 0) is 0 Å². The van der Waals surface area contributed by atoms with Gasteiger partial charge in [0.15, 0.2) is 0 Å². The quantitative estimate of drug-likeness (QED) is 0.853. The molecule has 1 heterocycles. The van der Waals surface area contributed by atoms with Crippen molar-refractivity contribution in [2.75, 3.05) is 5.32 Å². The topological polar surface area (TPSA) is 37.8 Å². The summed E-state index contributed by atoms with van der Waals surface area (Å²) in [6.07, 6.45) is 1.46. The Kier molecular flexibility index (Phi) is 4.22. The molecule has 0 saturated heterocycles. The van der Waals surface area contributed by atoms with Crippen molar-refractivity contribution in [3.8, 4) is 0 Å². The highest BCUT2D eigenvalue weighted by Crippen LogP contribution is 2.33. The third kappa shape index (κ3) is 3.14. The number of aromatic nitrogens is 2. The van der Waals surface area contributed by atoms with Crippen LogP contribution >= 0.6 is 23.2 Å². The van der Waals surface area contributed by atoms with Gasteiger partial charge in [-0.1, -0.05) is 23.2 Å². The van der Waals surface area contributed by atoms with Gasteiger partial charge in [0.05, 0.1) is 11.1 Å². The van der Waals surface area contributed by atoms with Crippen molar-refractivity contribution in [1.29, 1.82) is 0 Å². The third-order valence-corrected chi connectivity index (χ3v) is 3.39. The second-order valence-electron chi connectivity index (χ2n) is 4.17. The molecule has 1 aromatic heterocycles. The van der Waals surface area contributed by atoms with Gasteiger partial charge >= 0.3 is 0 Å². The summed E-state index contributed by atoms with van der Waals surface area (Å²) in [6, 6.07) is 4.25. The van der Waals surface area contributed by atoms with Crippen LogP contribution in [0.4, 0.5) is 10.2 Å². The number of nitrogens with zero attached hydrogens (tertiary/aromatic N) is 2. The molecular weight excluding hydrogens is 288 g/mol. The van der Waals surface area contributed by atoms with Crippen molar-refractivity contribution in [1.82, 2.24) is 9.97 Å². The highest BCUT2D eigenvalue weighted by Gasteiger charge is 2.17. The van der Waals surface area contributed by atoms with Gasteiger partial charge in [0, 0.05) is 22.3 Å². The van der Waals surface area contributed by atoms with Gasteiger partial charge in [0.25, 0.3) is 0 Å². The summed E-state index contributed by atoms with van der Waals surface area (Å²) in [7, 11) is 0. The fraction of sp³-hybridized carbons (Fsp3) is 0.231. The monoisotopic (exact) mass is 299 g/mol. The summed E-state index contributed by atoms with van der Waals surface area (Å²) in [5.41, 5.74) is 1.35. The minimum atomic E-state index is -0.492. The van der Waals surface area contributed by atoms with E-state index in [9.17, 15) is 4.39 Å². The molecule has 2 rings (SSSR count). The van der Waals surface area contributed by atoms with Crippen LogP contribution in [0.2, 0.25) is 10.0 Å². The lowest BCUT2D eigenvalue weighted by Gasteiger charge is -2.18. The Morgan fingerprint density at radius 1 is 1.26 bits per heavy atom. The average molecular weight is 300 g/mol. The highest BCUT2D eigenvalue weighted by atomic mass is 35.5. The molecule has 0 radical (unpaired) electrons. The van der Waals surface area contributed by atoms with Gasteiger partial charge in [-0.2, -0.15) is 0 Å². The molecule has 0 spiro atoms. The minimum absolute atomic E-state index is 0.0262. The van der Waals surface area contributed by atoms with Gasteiger partial charge in [-0.05, 0) is 26.0 Å². The molecule has 0 amide bonds. The van der Waals surface area contributed by atoms with Crippen LogP contribution < -0.4 is 5.32 Å². The van der Waals surface area contributed by atoms with Crippen LogP contribution in [0.1, 0.15) is 24.2 Å². The number of hydrogen-bond donors (Lipinski definition) is 1. The van der Waals surface area contributed by atoms with Crippen LogP contribution in [0.25, 0.3) is 0 Å². The molecule has 1 atom stereocenters. The smallest absolute Gasteiger partial charge is 0.142 e. The molecule has 1 aromatic carbocycles. The van der Waals surface area contributed by atoms with Crippen molar-refractivity contribution in [3.05, 3.63) is 51.6 Å². The highest BCUT2D eigenvalue weighted by molar-refractivity contribution is 6.36. The SMILES string of the molecule is Cc1cc(NC(C)c2c(Cl)ccc(F)c2Cl)ncn1. The lowest BCUT2D eigenvalue weighted by Crippen LogP contribution is -2.10. The molecule has 100 valence electrons. The predicted octanol–water partition coefficient (Wildman–Crippen LogP) is 4.40. The third-order valence-electron chi connectivity index (χ3n) is 2.68. The first-order valence-corrected chi connectivity index (χ1v) is 6.43. The van der Waals surface area contributed by atoms with E-state index in [0.29, 0.717) is 16.4 Å². The standard InChI is InChI=1S/C13H12Cl2FN3/c1-7-5-11(18-6-17-7)19-8(2)12-9(14)3-4-10(16)13(12)15/h3-6,8H,1-2H3,(H,17,18,19). The summed E-state index contributed by atoms with van der Waals surface area (Å²) in [5, 5.41) is 3.56. The molecule has 19 heavy (non-hydrogen) atoms. The number of benzene rings is 1. The van der Waals surface area contributed by atoms with Gasteiger partial charge in [-0.15, -0.1) is 0 Å². The lowest BCUT2D eigenvalue weighted by molar-refractivity contribution is 0.624. The second kappa shape index (κ2) is 5.72. The Morgan fingerprint density at radius 2 is 2.00 bits per heavy atom. The molecule has 1 N–H and O–H groups in total. The predicted molar refractivity (Wildman–Crippen MR) is 75.2 cm³/mol. The summed E-state index contributed by atoms with van der Waals surface area (Å²) >= 11 is 12.0. The maximum absolute atomic E-state index is 13.5. The maximum atomic E-state index is 13.5. The summed E-state index contributed by atoms with van der Waals surface area (Å²) in [6.45, 7) is 3.70. The molecule has 6 heteroatoms. The zero-order chi connectivity index (χ0) is 14.0. The first kappa shape index (κ1) is 14.0. The Hall–Kier alpha value is -1.39. The van der Waals surface area contributed by atoms with Gasteiger partial charge in [0.1, 0.15) is 18.0 Å². The number of nitrogens with one attached hydrogen (secondary N) is 1. The Morgan fingerprint density at radius 3 is 2.68 bits per heavy atom. The largest absolute Gasteiger partial charge is 0.363 e. The molecule has 0 saturated carbocycles. The Balaban J connectivity index is 2.30. The molecular formula is C13H12Cl2FN3. The van der Waals surface area contributed by atoms with E-state index in [1.165, 1.54) is 18.5 Å². The van der Waals surface area contributed by atoms with Gasteiger partial charge in [-0.25, -0.2) is 14.4 Å². The zero-order valence-electron chi connectivity index (χ0n) is 10.4. The second-order valence-corrected chi connectivity index (χ2v) is 4.95. The van der Waals surface area contributed by atoms with Crippen LogP contribution in [0, 0.1) is 12.7 Å². The molecule has 3 nitrogen and oxygen atoms in total. The average Bonchev–Trinajstić information content (AvgIpc) is 2.34. The Labute approximate surface area is 120 Å². The molecule has 1 unspecified atom stereocenters. The zero-order valence-corrected chi connectivity index (χ0v) is 11.9. The number of anilines is 1. The maximum Gasteiger partial charge on any atom is 0.142 e. The normalized spacial score (nSPS) is 12.3. The molecule has 0 aliphatic carbocycles. The molecule has 0 aliphatic rings. The first-order chi connectivity index (χ1) is 8.99. The van der Waals surface area contributed by atoms with Gasteiger partial charge in [-0.3, -0.25) is 0 Å². The number of rotatable bonds is 3. The summed E-state index contributed by atoms with van der Waals surface area (Å²) in [4.78, 5) is 8.09. The molecule has 2 aromatic rings. The van der Waals surface area contributed by atoms with E-state index >= 15 is 0 Å². The van der Waals surface area contributed by atoms with E-state index in [1.54, 1.807) is 6.07 Å². The van der Waals surface area contributed by atoms with E-state index in [4.69, 9.17) is 23.2 Å². The first-order valence-electron chi connectivity index (χ1n) is 5.67. The Bertz CT molecular complexity index is 604. The number of halogens is 3. The minimum Gasteiger partial charge on any atom is -0.363 e. The number of aryl methyl sites for hydroxylation is 1. The van der Waals surface area contributed by atoms with E-state index in [0.717, 1.165) is 5.69 Å². The van der Waals surface area contributed by atoms with Crippen molar-refractivity contribution < 1.29 is 4.39 Å². The fourth-order valence-electron chi connectivity index (χ4n) is 1.77. The lowest BCUT2D eigenvalue weighted by atomic mass is 10.1. The summed E-state index contributed by atoms with van der Waals surface area (Å²) < 4.78 is 13.5. The van der Waals surface area contributed by atoms with Crippen molar-refractivity contribution in [3.63, 3.8) is 0 Å². The van der Waals surface area contributed by atoms with Gasteiger partial charge < -0.3 is 5.32 Å². The molecule has 0 fully saturated rings. The van der Waals surface area contributed by atoms with Crippen LogP contribution in [0.5, 0.6) is 0 Å². The summed E-state index contributed by atoms with van der Waals surface area (Å²) in [5.74, 6) is 0.143. The van der Waals surface area contributed by atoms with Gasteiger partial charge in [0.2, 0.25) is 0 Å². The van der Waals surface area contributed by atoms with Crippen molar-refractivity contribution in [2.45, 2.75) is 19.9 Å². The van der Waals surface area contributed by atoms with E-state index in [2.05, 4.69) is 15.3 Å². The van der Waals surface area contributed by atoms with Crippen LogP contribution in [-0.4, -0.2) is 9.97 Å². The fourth-order valence-corrected chi connectivity index (χ4v) is 2.47. The van der Waals surface area contributed by atoms with E-state index < -0.39 is 5.82 Å². The van der Waals surface area contributed by atoms with Crippen molar-refractivity contribution in [2.24, 2.45) is 0 Å². The molecule has 0 aliphatic heterocycles. The van der Waals surface area contributed by atoms with Crippen LogP contribution in [0.3, 0.4) is 0 Å². The van der Waals surface area contributed by atoms with Crippen LogP contribution in [0.15, 0.2) is 24.5 Å².